The Balaban J connectivity index is 1.37. The summed E-state index contributed by atoms with van der Waals surface area (Å²) in [6.45, 7) is 7.96. The number of pyridine rings is 1. The van der Waals surface area contributed by atoms with Crippen LogP contribution in [0.1, 0.15) is 34.3 Å². The van der Waals surface area contributed by atoms with Crippen molar-refractivity contribution in [1.29, 1.82) is 0 Å². The highest BCUT2D eigenvalue weighted by Crippen LogP contribution is 2.35. The Kier molecular flexibility index (Phi) is 4.35. The molecule has 1 aliphatic carbocycles. The van der Waals surface area contributed by atoms with Crippen molar-refractivity contribution in [2.75, 3.05) is 44.7 Å². The molecule has 3 aliphatic rings. The van der Waals surface area contributed by atoms with Crippen LogP contribution in [0.25, 0.3) is 11.1 Å². The van der Waals surface area contributed by atoms with Crippen molar-refractivity contribution in [3.05, 3.63) is 47.2 Å². The summed E-state index contributed by atoms with van der Waals surface area (Å²) in [4.78, 5) is 24.3. The molecule has 146 valence electrons. The van der Waals surface area contributed by atoms with E-state index in [2.05, 4.69) is 48.0 Å². The van der Waals surface area contributed by atoms with Crippen molar-refractivity contribution in [1.82, 2.24) is 14.8 Å². The quantitative estimate of drug-likeness (QED) is 0.822. The topological polar surface area (TPSA) is 39.7 Å². The van der Waals surface area contributed by atoms with Crippen LogP contribution in [0, 0.1) is 12.8 Å². The van der Waals surface area contributed by atoms with Gasteiger partial charge in [0.2, 0.25) is 0 Å². The summed E-state index contributed by atoms with van der Waals surface area (Å²) in [6.07, 6.45) is 4.53. The molecule has 1 aromatic heterocycles. The summed E-state index contributed by atoms with van der Waals surface area (Å²) in [5.74, 6) is 2.00. The molecule has 0 spiro atoms. The number of hydrogen-bond acceptors (Lipinski definition) is 4. The Morgan fingerprint density at radius 1 is 1.07 bits per heavy atom. The van der Waals surface area contributed by atoms with Crippen molar-refractivity contribution in [3.63, 3.8) is 0 Å². The molecule has 5 nitrogen and oxygen atoms in total. The number of anilines is 1. The van der Waals surface area contributed by atoms with Crippen LogP contribution in [-0.4, -0.2) is 60.5 Å². The average Bonchev–Trinajstić information content (AvgIpc) is 3.46. The predicted octanol–water partition coefficient (Wildman–Crippen LogP) is 3.17. The van der Waals surface area contributed by atoms with Crippen LogP contribution in [0.3, 0.4) is 0 Å². The van der Waals surface area contributed by atoms with Gasteiger partial charge in [-0.15, -0.1) is 0 Å². The smallest absolute Gasteiger partial charge is 0.254 e. The highest BCUT2D eigenvalue weighted by molar-refractivity contribution is 6.00. The number of rotatable bonds is 4. The third-order valence-electron chi connectivity index (χ3n) is 6.36. The van der Waals surface area contributed by atoms with Crippen molar-refractivity contribution in [2.45, 2.75) is 26.3 Å². The number of aryl methyl sites for hydroxylation is 1. The van der Waals surface area contributed by atoms with Gasteiger partial charge in [0.25, 0.3) is 5.91 Å². The summed E-state index contributed by atoms with van der Waals surface area (Å²) in [6, 6.07) is 8.64. The molecule has 1 saturated heterocycles. The molecule has 28 heavy (non-hydrogen) atoms. The zero-order chi connectivity index (χ0) is 19.3. The average molecular weight is 377 g/mol. The lowest BCUT2D eigenvalue weighted by molar-refractivity contribution is 0.0770. The third kappa shape index (κ3) is 3.28. The molecule has 0 unspecified atom stereocenters. The molecular formula is C23H28N4O. The van der Waals surface area contributed by atoms with E-state index in [1.807, 2.05) is 11.1 Å². The lowest BCUT2D eigenvalue weighted by Gasteiger charge is -2.33. The molecule has 2 aliphatic heterocycles. The normalized spacial score (nSPS) is 20.0. The summed E-state index contributed by atoms with van der Waals surface area (Å²) < 4.78 is 0. The first-order valence-electron chi connectivity index (χ1n) is 10.4. The lowest BCUT2D eigenvalue weighted by Crippen LogP contribution is -2.44. The Morgan fingerprint density at radius 2 is 1.86 bits per heavy atom. The molecule has 0 N–H and O–H groups in total. The summed E-state index contributed by atoms with van der Waals surface area (Å²) >= 11 is 0. The number of nitrogens with zero attached hydrogens (tertiary/aromatic N) is 4. The molecule has 0 atom stereocenters. The summed E-state index contributed by atoms with van der Waals surface area (Å²) in [5, 5.41) is 0. The van der Waals surface area contributed by atoms with E-state index in [0.717, 1.165) is 73.3 Å². The van der Waals surface area contributed by atoms with Crippen LogP contribution in [0.15, 0.2) is 30.5 Å². The highest BCUT2D eigenvalue weighted by atomic mass is 16.2. The minimum absolute atomic E-state index is 0.217. The maximum absolute atomic E-state index is 12.8. The van der Waals surface area contributed by atoms with Crippen molar-refractivity contribution < 1.29 is 4.79 Å². The molecule has 1 aromatic carbocycles. The van der Waals surface area contributed by atoms with Crippen LogP contribution in [0.5, 0.6) is 0 Å². The SMILES string of the molecule is Cc1cc(-c2ccc(N3CCN(C)CC3)nc2)cc2c1C(=O)N(CC1CC1)C2. The van der Waals surface area contributed by atoms with E-state index in [9.17, 15) is 4.79 Å². The fourth-order valence-corrected chi connectivity index (χ4v) is 4.43. The van der Waals surface area contributed by atoms with Gasteiger partial charge in [0.05, 0.1) is 0 Å². The first kappa shape index (κ1) is 17.7. The second-order valence-corrected chi connectivity index (χ2v) is 8.65. The first-order chi connectivity index (χ1) is 13.6. The zero-order valence-electron chi connectivity index (χ0n) is 16.8. The van der Waals surface area contributed by atoms with Crippen LogP contribution >= 0.6 is 0 Å². The largest absolute Gasteiger partial charge is 0.354 e. The van der Waals surface area contributed by atoms with Gasteiger partial charge in [-0.25, -0.2) is 4.98 Å². The fraction of sp³-hybridized carbons (Fsp3) is 0.478. The lowest BCUT2D eigenvalue weighted by atomic mass is 9.97. The van der Waals surface area contributed by atoms with E-state index in [-0.39, 0.29) is 5.91 Å². The third-order valence-corrected chi connectivity index (χ3v) is 6.36. The van der Waals surface area contributed by atoms with E-state index in [1.165, 1.54) is 18.4 Å². The zero-order valence-corrected chi connectivity index (χ0v) is 16.8. The number of benzene rings is 1. The summed E-state index contributed by atoms with van der Waals surface area (Å²) in [7, 11) is 2.17. The molecule has 5 rings (SSSR count). The van der Waals surface area contributed by atoms with E-state index in [0.29, 0.717) is 0 Å². The first-order valence-corrected chi connectivity index (χ1v) is 10.4. The molecular weight excluding hydrogens is 348 g/mol. The molecule has 1 amide bonds. The molecule has 5 heteroatoms. The summed E-state index contributed by atoms with van der Waals surface area (Å²) in [5.41, 5.74) is 5.46. The number of piperazine rings is 1. The van der Waals surface area contributed by atoms with Crippen molar-refractivity contribution >= 4 is 11.7 Å². The standard InChI is InChI=1S/C23H28N4O/c1-16-11-19(12-20-15-27(14-17-3-4-17)23(28)22(16)20)18-5-6-21(24-13-18)26-9-7-25(2)8-10-26/h5-6,11-13,17H,3-4,7-10,14-15H2,1-2H3. The molecule has 3 heterocycles. The van der Waals surface area contributed by atoms with Gasteiger partial charge < -0.3 is 14.7 Å². The maximum Gasteiger partial charge on any atom is 0.254 e. The van der Waals surface area contributed by atoms with Gasteiger partial charge in [-0.05, 0) is 67.6 Å². The number of fused-ring (bicyclic) bond motifs is 1. The Bertz CT molecular complexity index is 896. The molecule has 1 saturated carbocycles. The Hall–Kier alpha value is -2.40. The Morgan fingerprint density at radius 3 is 2.54 bits per heavy atom. The van der Waals surface area contributed by atoms with E-state index in [1.54, 1.807) is 0 Å². The number of carbonyl (C=O) groups is 1. The van der Waals surface area contributed by atoms with Crippen molar-refractivity contribution in [2.24, 2.45) is 5.92 Å². The fourth-order valence-electron chi connectivity index (χ4n) is 4.43. The van der Waals surface area contributed by atoms with Crippen LogP contribution < -0.4 is 4.90 Å². The van der Waals surface area contributed by atoms with Gasteiger partial charge in [-0.1, -0.05) is 6.07 Å². The van der Waals surface area contributed by atoms with Gasteiger partial charge in [-0.3, -0.25) is 4.79 Å². The molecule has 0 bridgehead atoms. The van der Waals surface area contributed by atoms with E-state index >= 15 is 0 Å². The molecule has 2 aromatic rings. The minimum Gasteiger partial charge on any atom is -0.354 e. The number of aromatic nitrogens is 1. The van der Waals surface area contributed by atoms with Gasteiger partial charge in [-0.2, -0.15) is 0 Å². The second kappa shape index (κ2) is 6.89. The number of hydrogen-bond donors (Lipinski definition) is 0. The van der Waals surface area contributed by atoms with Gasteiger partial charge in [0.1, 0.15) is 5.82 Å². The van der Waals surface area contributed by atoms with Crippen LogP contribution in [0.2, 0.25) is 0 Å². The second-order valence-electron chi connectivity index (χ2n) is 8.65. The van der Waals surface area contributed by atoms with Gasteiger partial charge in [0.15, 0.2) is 0 Å². The van der Waals surface area contributed by atoms with E-state index in [4.69, 9.17) is 4.98 Å². The van der Waals surface area contributed by atoms with Crippen molar-refractivity contribution in [3.8, 4) is 11.1 Å². The molecule has 0 radical (unpaired) electrons. The van der Waals surface area contributed by atoms with E-state index < -0.39 is 0 Å². The van der Waals surface area contributed by atoms with Crippen LogP contribution in [0.4, 0.5) is 5.82 Å². The number of likely N-dealkylation sites (N-methyl/N-ethyl adjacent to an activating group) is 1. The predicted molar refractivity (Wildman–Crippen MR) is 112 cm³/mol. The van der Waals surface area contributed by atoms with Gasteiger partial charge >= 0.3 is 0 Å². The number of amides is 1. The highest BCUT2D eigenvalue weighted by Gasteiger charge is 2.33. The Labute approximate surface area is 167 Å². The van der Waals surface area contributed by atoms with Crippen LogP contribution in [-0.2, 0) is 6.54 Å². The monoisotopic (exact) mass is 376 g/mol. The number of carbonyl (C=O) groups excluding carboxylic acids is 1. The minimum atomic E-state index is 0.217. The molecule has 2 fully saturated rings. The van der Waals surface area contributed by atoms with Gasteiger partial charge in [0, 0.05) is 56.6 Å². The maximum atomic E-state index is 12.8.